The molecule has 14 amide bonds. The second kappa shape index (κ2) is 48.7. The molecule has 3 aliphatic heterocycles. The van der Waals surface area contributed by atoms with Crippen molar-refractivity contribution in [1.82, 2.24) is 68.3 Å². The third-order valence-electron chi connectivity index (χ3n) is 20.5. The fraction of sp³-hybridized carbons (Fsp3) is 0.615. The Morgan fingerprint density at radius 1 is 0.479 bits per heavy atom. The van der Waals surface area contributed by atoms with E-state index in [9.17, 15) is 87.5 Å². The van der Waals surface area contributed by atoms with E-state index in [1.165, 1.54) is 53.4 Å². The van der Waals surface area contributed by atoms with Gasteiger partial charge in [-0.25, -0.2) is 4.79 Å². The molecule has 3 saturated heterocycles. The lowest BCUT2D eigenvalue weighted by Crippen LogP contribution is -2.61. The van der Waals surface area contributed by atoms with Crippen LogP contribution in [0.15, 0.2) is 58.5 Å². The number of phenols is 2. The second-order valence-corrected chi connectivity index (χ2v) is 31.1. The van der Waals surface area contributed by atoms with Crippen molar-refractivity contribution in [1.29, 1.82) is 0 Å². The Morgan fingerprint density at radius 3 is 1.34 bits per heavy atom. The molecule has 41 nitrogen and oxygen atoms in total. The number of hydrogen-bond acceptors (Lipinski definition) is 21. The number of rotatable bonds is 50. The molecule has 2 aromatic rings. The van der Waals surface area contributed by atoms with Gasteiger partial charge in [0.15, 0.2) is 11.9 Å². The number of aromatic hydroxyl groups is 2. The van der Waals surface area contributed by atoms with Crippen LogP contribution in [0.3, 0.4) is 0 Å². The minimum absolute atomic E-state index is 0.00423. The zero-order valence-corrected chi connectivity index (χ0v) is 68.3. The van der Waals surface area contributed by atoms with E-state index in [0.717, 1.165) is 4.90 Å². The molecular weight excluding hydrogens is 1550 g/mol. The highest BCUT2D eigenvalue weighted by molar-refractivity contribution is 6.01. The van der Waals surface area contributed by atoms with E-state index in [1.807, 2.05) is 0 Å². The summed E-state index contributed by atoms with van der Waals surface area (Å²) in [6.45, 7) is 10.5. The summed E-state index contributed by atoms with van der Waals surface area (Å²) in [6, 6.07) is -7.40. The van der Waals surface area contributed by atoms with Crippen molar-refractivity contribution in [2.45, 2.75) is 255 Å². The number of benzene rings is 2. The largest absolute Gasteiger partial charge is 0.508 e. The van der Waals surface area contributed by atoms with Gasteiger partial charge in [0.25, 0.3) is 0 Å². The van der Waals surface area contributed by atoms with Gasteiger partial charge in [0.2, 0.25) is 82.7 Å². The van der Waals surface area contributed by atoms with Crippen molar-refractivity contribution in [3.63, 3.8) is 0 Å². The Hall–Kier alpha value is -11.9. The highest BCUT2D eigenvalue weighted by Crippen LogP contribution is 2.25. The number of unbranched alkanes of at least 4 members (excludes halogenated alkanes) is 1. The first-order chi connectivity index (χ1) is 56.3. The molecule has 658 valence electrons. The second-order valence-electron chi connectivity index (χ2n) is 31.1. The SMILES string of the molecule is CC[C@H](C)[C@H](NC(=O)[C@@H](Cc1ccc(O)cc1)NC(=O)[C@@H]1CCCN1C(=O)[C@H](CCCN=C(N)N)NC(=O)[C@H](CCCN=C(N)N)NC(=O)[C@@H]1CCCN1C(=O)[C@H](CCCCN)NC(=O)[C@H](CC(N)=O)NC(=O)[C@H](CCC(=O)O)NC(=O)[C@H](Cc1ccc(O)cc1)NC(=O)[C@H](CC(C)C)NC(=O)[C@@H]1CCC(=O)N1)C(=O)N[C@@H](CC(C)C)C(=O)O. The number of carbonyl (C=O) groups excluding carboxylic acids is 14. The molecule has 41 heteroatoms. The van der Waals surface area contributed by atoms with Crippen LogP contribution in [0.5, 0.6) is 11.5 Å². The number of nitrogens with two attached hydrogens (primary N) is 6. The molecule has 0 bridgehead atoms. The molecule has 0 unspecified atom stereocenters. The third kappa shape index (κ3) is 32.8. The standard InChI is InChI=1S/C78H121N21O20/c1-7-43(6)63(73(115)96-57(76(118)119)37-42(4)5)97-70(112)55(39-45-21-25-47(101)26-22-45)95-72(114)59-18-13-35-99(59)75(117)52(16-11-33-86-78(83)84)90-64(106)48(15-10-32-85-77(81)82)89-71(113)58-17-12-34-98(58)74(116)51(14-8-9-31-79)91-69(111)56(40-60(80)102)94-66(108)50(28-30-62(104)105)88-68(110)54(38-44-19-23-46(100)24-20-44)93-67(109)53(36-41(2)3)92-65(107)49-27-29-61(103)87-49/h19-26,41-43,48-59,63,100-101H,7-18,27-40,79H2,1-6H3,(H2,80,102)(H,87,103)(H,88,110)(H,89,113)(H,90,106)(H,91,111)(H,92,107)(H,93,109)(H,94,108)(H,95,114)(H,96,115)(H,97,112)(H,104,105)(H,118,119)(H4,81,82,85)(H4,83,84,86)/t43-,48-,49-,50-,51-,52-,53-,54-,55+,56-,57-,58-,59-,63-/m0/s1. The van der Waals surface area contributed by atoms with Gasteiger partial charge in [-0.1, -0.05) is 72.2 Å². The first-order valence-corrected chi connectivity index (χ1v) is 40.3. The predicted octanol–water partition coefficient (Wildman–Crippen LogP) is -3.81. The smallest absolute Gasteiger partial charge is 0.326 e. The number of likely N-dealkylation sites (tertiary alicyclic amines) is 2. The third-order valence-corrected chi connectivity index (χ3v) is 20.5. The van der Waals surface area contributed by atoms with Crippen molar-refractivity contribution in [3.8, 4) is 11.5 Å². The Balaban J connectivity index is 1.41. The first-order valence-electron chi connectivity index (χ1n) is 40.3. The van der Waals surface area contributed by atoms with Crippen LogP contribution in [0.4, 0.5) is 0 Å². The van der Waals surface area contributed by atoms with Gasteiger partial charge in [-0.05, 0) is 156 Å². The molecule has 0 saturated carbocycles. The maximum absolute atomic E-state index is 15.1. The molecule has 27 N–H and O–H groups in total. The fourth-order valence-corrected chi connectivity index (χ4v) is 14.0. The number of carboxylic acids is 2. The molecule has 5 rings (SSSR count). The maximum atomic E-state index is 15.1. The molecule has 2 aromatic carbocycles. The minimum atomic E-state index is -1.93. The van der Waals surface area contributed by atoms with Crippen molar-refractivity contribution < 1.29 is 97.1 Å². The van der Waals surface area contributed by atoms with E-state index < -0.39 is 192 Å². The number of carbonyl (C=O) groups is 16. The summed E-state index contributed by atoms with van der Waals surface area (Å²) in [5, 5.41) is 68.7. The molecule has 3 fully saturated rings. The van der Waals surface area contributed by atoms with Gasteiger partial charge < -0.3 is 123 Å². The van der Waals surface area contributed by atoms with Crippen molar-refractivity contribution in [2.24, 2.45) is 62.1 Å². The molecule has 3 heterocycles. The molecule has 0 aromatic heterocycles. The van der Waals surface area contributed by atoms with E-state index >= 15 is 9.59 Å². The monoisotopic (exact) mass is 1670 g/mol. The topological polar surface area (TPSA) is 674 Å². The Kier molecular flexibility index (Phi) is 39.9. The van der Waals surface area contributed by atoms with Gasteiger partial charge >= 0.3 is 11.9 Å². The number of nitrogens with one attached hydrogen (secondary N) is 11. The fourth-order valence-electron chi connectivity index (χ4n) is 14.0. The number of aliphatic carboxylic acids is 2. The number of primary amides is 1. The Bertz CT molecular complexity index is 3910. The Labute approximate surface area is 690 Å². The number of carboxylic acid groups (broad SMARTS) is 2. The van der Waals surface area contributed by atoms with E-state index in [0.29, 0.717) is 24.0 Å². The lowest BCUT2D eigenvalue weighted by atomic mass is 9.96. The van der Waals surface area contributed by atoms with Crippen LogP contribution in [0.1, 0.15) is 175 Å². The quantitative estimate of drug-likeness (QED) is 0.0172. The zero-order valence-electron chi connectivity index (χ0n) is 68.3. The van der Waals surface area contributed by atoms with Crippen molar-refractivity contribution >= 4 is 107 Å². The zero-order chi connectivity index (χ0) is 88.3. The summed E-state index contributed by atoms with van der Waals surface area (Å²) in [6.07, 6.45) is -1.46. The van der Waals surface area contributed by atoms with Crippen molar-refractivity contribution in [3.05, 3.63) is 59.7 Å². The summed E-state index contributed by atoms with van der Waals surface area (Å²) >= 11 is 0. The normalized spacial score (nSPS) is 17.8. The van der Waals surface area contributed by atoms with Crippen LogP contribution in [-0.2, 0) is 89.6 Å². The van der Waals surface area contributed by atoms with Gasteiger partial charge in [0.1, 0.15) is 90.0 Å². The van der Waals surface area contributed by atoms with Gasteiger partial charge in [-0.2, -0.15) is 0 Å². The molecule has 0 radical (unpaired) electrons. The van der Waals surface area contributed by atoms with Crippen LogP contribution in [-0.4, -0.2) is 248 Å². The first kappa shape index (κ1) is 97.6. The number of nitrogens with zero attached hydrogens (tertiary/aromatic N) is 4. The van der Waals surface area contributed by atoms with Crippen LogP contribution in [0, 0.1) is 17.8 Å². The molecule has 14 atom stereocenters. The van der Waals surface area contributed by atoms with E-state index in [1.54, 1.807) is 41.5 Å². The van der Waals surface area contributed by atoms with E-state index in [-0.39, 0.29) is 177 Å². The van der Waals surface area contributed by atoms with Gasteiger partial charge in [0, 0.05) is 51.9 Å². The molecule has 0 spiro atoms. The maximum Gasteiger partial charge on any atom is 0.326 e. The van der Waals surface area contributed by atoms with Gasteiger partial charge in [-0.15, -0.1) is 0 Å². The van der Waals surface area contributed by atoms with Crippen LogP contribution >= 0.6 is 0 Å². The average Bonchev–Trinajstić information content (AvgIpc) is 1.76. The lowest BCUT2D eigenvalue weighted by Gasteiger charge is -2.32. The number of hydrogen-bond donors (Lipinski definition) is 21. The average molecular weight is 1670 g/mol. The Morgan fingerprint density at radius 2 is 0.882 bits per heavy atom. The summed E-state index contributed by atoms with van der Waals surface area (Å²) in [4.78, 5) is 234. The molecule has 0 aliphatic carbocycles. The summed E-state index contributed by atoms with van der Waals surface area (Å²) in [7, 11) is 0. The number of aliphatic imine (C=N–C) groups is 2. The van der Waals surface area contributed by atoms with Gasteiger partial charge in [-0.3, -0.25) is 81.9 Å². The number of guanidine groups is 2. The number of amides is 14. The van der Waals surface area contributed by atoms with Crippen LogP contribution < -0.4 is 92.9 Å². The predicted molar refractivity (Wildman–Crippen MR) is 433 cm³/mol. The summed E-state index contributed by atoms with van der Waals surface area (Å²) in [5.41, 5.74) is 34.9. The summed E-state index contributed by atoms with van der Waals surface area (Å²) < 4.78 is 0. The minimum Gasteiger partial charge on any atom is -0.508 e. The number of phenolic OH excluding ortho intramolecular Hbond substituents is 2. The molecule has 119 heavy (non-hydrogen) atoms. The highest BCUT2D eigenvalue weighted by atomic mass is 16.4. The van der Waals surface area contributed by atoms with E-state index in [4.69, 9.17) is 34.4 Å². The highest BCUT2D eigenvalue weighted by Gasteiger charge is 2.44. The van der Waals surface area contributed by atoms with Crippen LogP contribution in [0.25, 0.3) is 0 Å². The van der Waals surface area contributed by atoms with Crippen molar-refractivity contribution in [2.75, 3.05) is 32.7 Å². The van der Waals surface area contributed by atoms with E-state index in [2.05, 4.69) is 68.5 Å². The van der Waals surface area contributed by atoms with Gasteiger partial charge in [0.05, 0.1) is 6.42 Å². The molecular formula is C78H121N21O20. The lowest BCUT2D eigenvalue weighted by molar-refractivity contribution is -0.144. The van der Waals surface area contributed by atoms with Crippen LogP contribution in [0.2, 0.25) is 0 Å². The molecule has 3 aliphatic rings. The summed E-state index contributed by atoms with van der Waals surface area (Å²) in [5.74, 6) is -16.7.